The lowest BCUT2D eigenvalue weighted by Crippen LogP contribution is -2.70. The van der Waals surface area contributed by atoms with E-state index in [9.17, 15) is 75.7 Å². The molecular formula is C58H106N2O21. The smallest absolute Gasteiger partial charge is 0.364 e. The fraction of sp³-hybridized carbons (Fsp3) is 0.914. The Morgan fingerprint density at radius 1 is 0.630 bits per heavy atom. The molecule has 18 atom stereocenters. The maximum absolute atomic E-state index is 13.4. The van der Waals surface area contributed by atoms with E-state index in [0.717, 1.165) is 58.3 Å². The lowest BCUT2D eigenvalue weighted by atomic mass is 9.88. The Morgan fingerprint density at radius 2 is 1.15 bits per heavy atom. The molecule has 81 heavy (non-hydrogen) atoms. The van der Waals surface area contributed by atoms with Crippen molar-refractivity contribution < 1.29 is 104 Å². The summed E-state index contributed by atoms with van der Waals surface area (Å²) in [5.74, 6) is -6.12. The van der Waals surface area contributed by atoms with Gasteiger partial charge in [-0.05, 0) is 38.5 Å². The number of unbranched alkanes of at least 4 members (excludes halogenated alkanes) is 22. The fourth-order valence-corrected chi connectivity index (χ4v) is 10.8. The van der Waals surface area contributed by atoms with E-state index in [-0.39, 0.29) is 18.9 Å². The minimum Gasteiger partial charge on any atom is -0.477 e. The van der Waals surface area contributed by atoms with Crippen molar-refractivity contribution in [1.29, 1.82) is 0 Å². The van der Waals surface area contributed by atoms with Crippen molar-refractivity contribution in [2.75, 3.05) is 26.4 Å². The molecule has 0 saturated carbocycles. The third-order valence-corrected chi connectivity index (χ3v) is 15.7. The van der Waals surface area contributed by atoms with Crippen molar-refractivity contribution in [3.63, 3.8) is 0 Å². The third-order valence-electron chi connectivity index (χ3n) is 15.7. The lowest BCUT2D eigenvalue weighted by molar-refractivity contribution is -0.386. The zero-order chi connectivity index (χ0) is 59.7. The number of carbonyl (C=O) groups is 3. The van der Waals surface area contributed by atoms with E-state index in [1.807, 2.05) is 0 Å². The number of carboxylic acids is 1. The van der Waals surface area contributed by atoms with Crippen LogP contribution in [0.4, 0.5) is 0 Å². The molecule has 0 spiro atoms. The summed E-state index contributed by atoms with van der Waals surface area (Å²) in [5.41, 5.74) is 0. The summed E-state index contributed by atoms with van der Waals surface area (Å²) in [4.78, 5) is 38.4. The molecule has 2 amide bonds. The van der Waals surface area contributed by atoms with Gasteiger partial charge < -0.3 is 100 Å². The van der Waals surface area contributed by atoms with Gasteiger partial charge in [-0.1, -0.05) is 154 Å². The first kappa shape index (κ1) is 72.7. The van der Waals surface area contributed by atoms with Crippen molar-refractivity contribution in [3.8, 4) is 0 Å². The average molecular weight is 1170 g/mol. The number of ether oxygens (including phenoxy) is 6. The molecule has 3 rings (SSSR count). The van der Waals surface area contributed by atoms with E-state index >= 15 is 0 Å². The van der Waals surface area contributed by atoms with E-state index in [0.29, 0.717) is 19.3 Å². The molecule has 23 nitrogen and oxygen atoms in total. The standard InChI is InChI=1S/C58H106N2O21/c1-4-6-8-10-12-14-16-18-20-21-23-25-27-29-31-40(65)39(60-45(68)32-30-28-26-24-22-19-17-15-13-11-9-7-5-2)37-76-55-50(72)49(71)52(44(36-63)78-55)79-56-51(73)54(48(70)43(35-62)77-56)81-58(57(74)75)33-41(66)46(59-38(3)64)53(80-58)47(69)42(67)34-61/h19,22,39-44,46-56,61-63,65-67,69-73H,4-18,20-21,23-37H2,1-3H3,(H,59,64)(H,60,68)(H,74,75)/b22-19-. The first-order chi connectivity index (χ1) is 38.9. The molecule has 3 fully saturated rings. The predicted octanol–water partition coefficient (Wildman–Crippen LogP) is 2.78. The van der Waals surface area contributed by atoms with Gasteiger partial charge in [0.25, 0.3) is 5.79 Å². The van der Waals surface area contributed by atoms with Gasteiger partial charge in [-0.15, -0.1) is 0 Å². The first-order valence-corrected chi connectivity index (χ1v) is 30.5. The van der Waals surface area contributed by atoms with Gasteiger partial charge in [0.1, 0.15) is 67.1 Å². The maximum atomic E-state index is 13.4. The number of nitrogens with one attached hydrogen (secondary N) is 2. The molecule has 23 heteroatoms. The van der Waals surface area contributed by atoms with Crippen LogP contribution in [0.2, 0.25) is 0 Å². The Balaban J connectivity index is 1.67. The maximum Gasteiger partial charge on any atom is 0.364 e. The van der Waals surface area contributed by atoms with Gasteiger partial charge in [0.15, 0.2) is 12.6 Å². The number of amides is 2. The molecule has 3 aliphatic heterocycles. The summed E-state index contributed by atoms with van der Waals surface area (Å²) in [7, 11) is 0. The molecule has 0 aromatic rings. The molecule has 0 aromatic heterocycles. The molecule has 14 N–H and O–H groups in total. The molecule has 0 bridgehead atoms. The molecule has 0 aliphatic carbocycles. The number of aliphatic hydroxyl groups excluding tert-OH is 11. The number of aliphatic carboxylic acids is 1. The number of carboxylic acid groups (broad SMARTS) is 1. The highest BCUT2D eigenvalue weighted by Crippen LogP contribution is 2.38. The number of rotatable bonds is 44. The molecule has 0 radical (unpaired) electrons. The second kappa shape index (κ2) is 40.7. The molecule has 0 aromatic carbocycles. The third kappa shape index (κ3) is 25.1. The van der Waals surface area contributed by atoms with Crippen LogP contribution >= 0.6 is 0 Å². The van der Waals surface area contributed by atoms with Crippen molar-refractivity contribution in [3.05, 3.63) is 12.2 Å². The summed E-state index contributed by atoms with van der Waals surface area (Å²) in [5, 5.41) is 136. The molecule has 3 saturated heterocycles. The van der Waals surface area contributed by atoms with Crippen LogP contribution in [0.25, 0.3) is 0 Å². The van der Waals surface area contributed by atoms with Crippen LogP contribution in [0, 0.1) is 0 Å². The SMILES string of the molecule is CCCCCCCC/C=C\CCCCCC(=O)NC(COC1OC(CO)C(OC2OC(CO)C(O)C(OC3(C(=O)O)CC(O)C(NC(C)=O)C(C(O)C(O)CO)O3)C2O)C(O)C1O)C(O)CCCCCCCCCCCCCCCC. The average Bonchev–Trinajstić information content (AvgIpc) is 3.45. The largest absolute Gasteiger partial charge is 0.477 e. The first-order valence-electron chi connectivity index (χ1n) is 30.5. The number of hydrogen-bond donors (Lipinski definition) is 14. The molecule has 474 valence electrons. The van der Waals surface area contributed by atoms with Crippen LogP contribution in [-0.4, -0.2) is 215 Å². The van der Waals surface area contributed by atoms with Gasteiger partial charge in [-0.3, -0.25) is 9.59 Å². The van der Waals surface area contributed by atoms with Crippen molar-refractivity contribution in [2.24, 2.45) is 0 Å². The number of allylic oxidation sites excluding steroid dienone is 2. The topological polar surface area (TPSA) is 373 Å². The number of aliphatic hydroxyl groups is 11. The van der Waals surface area contributed by atoms with E-state index in [1.54, 1.807) is 0 Å². The predicted molar refractivity (Wildman–Crippen MR) is 297 cm³/mol. The number of carbonyl (C=O) groups excluding carboxylic acids is 2. The highest BCUT2D eigenvalue weighted by molar-refractivity contribution is 5.77. The van der Waals surface area contributed by atoms with Crippen LogP contribution < -0.4 is 10.6 Å². The summed E-state index contributed by atoms with van der Waals surface area (Å²) in [6, 6.07) is -2.53. The van der Waals surface area contributed by atoms with Crippen LogP contribution in [0.5, 0.6) is 0 Å². The summed E-state index contributed by atoms with van der Waals surface area (Å²) in [6.45, 7) is 2.14. The van der Waals surface area contributed by atoms with Gasteiger partial charge >= 0.3 is 5.97 Å². The van der Waals surface area contributed by atoms with Gasteiger partial charge in [0.2, 0.25) is 11.8 Å². The zero-order valence-corrected chi connectivity index (χ0v) is 48.6. The molecule has 3 aliphatic rings. The normalized spacial score (nSPS) is 30.5. The lowest BCUT2D eigenvalue weighted by Gasteiger charge is -2.50. The number of hydrogen-bond acceptors (Lipinski definition) is 20. The fourth-order valence-electron chi connectivity index (χ4n) is 10.8. The summed E-state index contributed by atoms with van der Waals surface area (Å²) < 4.78 is 34.7. The van der Waals surface area contributed by atoms with Crippen molar-refractivity contribution in [1.82, 2.24) is 10.6 Å². The Labute approximate surface area is 480 Å². The zero-order valence-electron chi connectivity index (χ0n) is 48.6. The van der Waals surface area contributed by atoms with E-state index in [1.165, 1.54) is 96.3 Å². The Hall–Kier alpha value is -2.53. The second-order valence-corrected chi connectivity index (χ2v) is 22.6. The minimum atomic E-state index is -3.08. The highest BCUT2D eigenvalue weighted by Gasteiger charge is 2.60. The Morgan fingerprint density at radius 3 is 1.67 bits per heavy atom. The van der Waals surface area contributed by atoms with Gasteiger partial charge in [-0.25, -0.2) is 4.79 Å². The van der Waals surface area contributed by atoms with Crippen LogP contribution in [-0.2, 0) is 42.8 Å². The highest BCUT2D eigenvalue weighted by atomic mass is 16.8. The van der Waals surface area contributed by atoms with Crippen LogP contribution in [0.15, 0.2) is 12.2 Å². The van der Waals surface area contributed by atoms with Crippen LogP contribution in [0.1, 0.15) is 201 Å². The molecular weight excluding hydrogens is 1060 g/mol. The summed E-state index contributed by atoms with van der Waals surface area (Å²) in [6.07, 6.45) is 3.86. The van der Waals surface area contributed by atoms with E-state index in [2.05, 4.69) is 36.6 Å². The van der Waals surface area contributed by atoms with E-state index < -0.39 is 148 Å². The van der Waals surface area contributed by atoms with Crippen LogP contribution in [0.3, 0.4) is 0 Å². The second-order valence-electron chi connectivity index (χ2n) is 22.6. The minimum absolute atomic E-state index is 0.204. The van der Waals surface area contributed by atoms with Gasteiger partial charge in [0.05, 0.1) is 50.7 Å². The Bertz CT molecular complexity index is 1720. The Kier molecular flexibility index (Phi) is 36.6. The summed E-state index contributed by atoms with van der Waals surface area (Å²) >= 11 is 0. The van der Waals surface area contributed by atoms with E-state index in [4.69, 9.17) is 28.4 Å². The van der Waals surface area contributed by atoms with Gasteiger partial charge in [0, 0.05) is 19.8 Å². The van der Waals surface area contributed by atoms with Gasteiger partial charge in [-0.2, -0.15) is 0 Å². The molecule has 3 heterocycles. The molecule has 18 unspecified atom stereocenters. The van der Waals surface area contributed by atoms with Crippen molar-refractivity contribution >= 4 is 17.8 Å². The quantitative estimate of drug-likeness (QED) is 0.0308. The monoisotopic (exact) mass is 1170 g/mol. The van der Waals surface area contributed by atoms with Crippen molar-refractivity contribution in [2.45, 2.75) is 310 Å².